The maximum atomic E-state index is 12.8. The molecule has 3 rings (SSSR count). The number of alkyl halides is 2. The van der Waals surface area contributed by atoms with E-state index >= 15 is 0 Å². The molecule has 0 aliphatic rings. The smallest absolute Gasteiger partial charge is 0.387 e. The van der Waals surface area contributed by atoms with Crippen molar-refractivity contribution in [2.24, 2.45) is 5.92 Å². The van der Waals surface area contributed by atoms with Crippen molar-refractivity contribution in [1.29, 1.82) is 0 Å². The Bertz CT molecular complexity index is 972. The molecule has 31 heavy (non-hydrogen) atoms. The summed E-state index contributed by atoms with van der Waals surface area (Å²) in [5.74, 6) is 0.466. The van der Waals surface area contributed by atoms with E-state index in [1.54, 1.807) is 12.1 Å². The number of benzene rings is 3. The molecular formula is C25H24F2O4. The van der Waals surface area contributed by atoms with Crippen molar-refractivity contribution in [1.82, 2.24) is 0 Å². The molecule has 0 spiro atoms. The SMILES string of the molecule is CC(C)C(C(=O)OCc1cccc(Oc2ccccc2)c1)c1ccc(OC(F)F)cc1. The number of halogens is 2. The molecule has 0 aliphatic heterocycles. The third-order valence-corrected chi connectivity index (χ3v) is 4.64. The van der Waals surface area contributed by atoms with Gasteiger partial charge in [0.2, 0.25) is 0 Å². The van der Waals surface area contributed by atoms with Crippen LogP contribution >= 0.6 is 0 Å². The van der Waals surface area contributed by atoms with Gasteiger partial charge in [-0.05, 0) is 53.4 Å². The molecule has 0 heterocycles. The van der Waals surface area contributed by atoms with Crippen molar-refractivity contribution in [2.75, 3.05) is 0 Å². The molecule has 0 N–H and O–H groups in total. The monoisotopic (exact) mass is 426 g/mol. The molecule has 0 amide bonds. The van der Waals surface area contributed by atoms with Crippen molar-refractivity contribution >= 4 is 5.97 Å². The highest BCUT2D eigenvalue weighted by atomic mass is 19.3. The van der Waals surface area contributed by atoms with Crippen molar-refractivity contribution < 1.29 is 27.8 Å². The molecule has 0 saturated heterocycles. The number of para-hydroxylation sites is 1. The summed E-state index contributed by atoms with van der Waals surface area (Å²) in [4.78, 5) is 12.8. The van der Waals surface area contributed by atoms with Gasteiger partial charge in [0, 0.05) is 0 Å². The van der Waals surface area contributed by atoms with Crippen LogP contribution in [0.1, 0.15) is 30.9 Å². The maximum absolute atomic E-state index is 12.8. The van der Waals surface area contributed by atoms with Gasteiger partial charge in [0.15, 0.2) is 0 Å². The molecule has 3 aromatic rings. The molecule has 3 aromatic carbocycles. The lowest BCUT2D eigenvalue weighted by molar-refractivity contribution is -0.148. The van der Waals surface area contributed by atoms with Gasteiger partial charge in [-0.3, -0.25) is 4.79 Å². The number of rotatable bonds is 9. The third kappa shape index (κ3) is 6.54. The molecule has 0 saturated carbocycles. The predicted octanol–water partition coefficient (Wildman–Crippen LogP) is 6.56. The number of hydrogen-bond acceptors (Lipinski definition) is 4. The first-order valence-corrected chi connectivity index (χ1v) is 9.95. The molecule has 0 aliphatic carbocycles. The molecule has 0 radical (unpaired) electrons. The minimum Gasteiger partial charge on any atom is -0.460 e. The molecule has 162 valence electrons. The second kappa shape index (κ2) is 10.6. The second-order valence-electron chi connectivity index (χ2n) is 7.34. The van der Waals surface area contributed by atoms with Gasteiger partial charge < -0.3 is 14.2 Å². The molecule has 0 aromatic heterocycles. The van der Waals surface area contributed by atoms with E-state index in [2.05, 4.69) is 4.74 Å². The van der Waals surface area contributed by atoms with Crippen molar-refractivity contribution in [3.05, 3.63) is 90.0 Å². The fourth-order valence-corrected chi connectivity index (χ4v) is 3.22. The van der Waals surface area contributed by atoms with Gasteiger partial charge in [-0.25, -0.2) is 0 Å². The van der Waals surface area contributed by atoms with Crippen LogP contribution in [0.2, 0.25) is 0 Å². The first-order valence-electron chi connectivity index (χ1n) is 9.95. The average Bonchev–Trinajstić information content (AvgIpc) is 2.74. The summed E-state index contributed by atoms with van der Waals surface area (Å²) in [5.41, 5.74) is 1.48. The Hall–Kier alpha value is -3.41. The first-order chi connectivity index (χ1) is 14.9. The minimum absolute atomic E-state index is 0.0397. The van der Waals surface area contributed by atoms with E-state index < -0.39 is 12.5 Å². The predicted molar refractivity (Wildman–Crippen MR) is 113 cm³/mol. The van der Waals surface area contributed by atoms with Gasteiger partial charge >= 0.3 is 12.6 Å². The Balaban J connectivity index is 1.64. The van der Waals surface area contributed by atoms with Crippen LogP contribution in [0.4, 0.5) is 8.78 Å². The van der Waals surface area contributed by atoms with Gasteiger partial charge in [-0.2, -0.15) is 8.78 Å². The lowest BCUT2D eigenvalue weighted by Gasteiger charge is -2.20. The zero-order valence-corrected chi connectivity index (χ0v) is 17.3. The summed E-state index contributed by atoms with van der Waals surface area (Å²) in [6.07, 6.45) is 0. The van der Waals surface area contributed by atoms with E-state index in [4.69, 9.17) is 9.47 Å². The van der Waals surface area contributed by atoms with Gasteiger partial charge in [-0.15, -0.1) is 0 Å². The van der Waals surface area contributed by atoms with Crippen molar-refractivity contribution in [3.63, 3.8) is 0 Å². The van der Waals surface area contributed by atoms with E-state index in [9.17, 15) is 13.6 Å². The van der Waals surface area contributed by atoms with Crippen LogP contribution in [0.15, 0.2) is 78.9 Å². The number of carbonyl (C=O) groups excluding carboxylic acids is 1. The lowest BCUT2D eigenvalue weighted by atomic mass is 9.88. The van der Waals surface area contributed by atoms with Gasteiger partial charge in [-0.1, -0.05) is 56.3 Å². The van der Waals surface area contributed by atoms with E-state index in [1.807, 2.05) is 68.4 Å². The second-order valence-corrected chi connectivity index (χ2v) is 7.34. The number of ether oxygens (including phenoxy) is 3. The topological polar surface area (TPSA) is 44.8 Å². The summed E-state index contributed by atoms with van der Waals surface area (Å²) in [6, 6.07) is 22.8. The largest absolute Gasteiger partial charge is 0.460 e. The normalized spacial score (nSPS) is 11.9. The molecule has 0 bridgehead atoms. The Kier molecular flexibility index (Phi) is 7.60. The highest BCUT2D eigenvalue weighted by molar-refractivity contribution is 5.78. The van der Waals surface area contributed by atoms with Gasteiger partial charge in [0.05, 0.1) is 5.92 Å². The summed E-state index contributed by atoms with van der Waals surface area (Å²) < 4.78 is 40.4. The van der Waals surface area contributed by atoms with Crippen LogP contribution in [0, 0.1) is 5.92 Å². The number of hydrogen-bond donors (Lipinski definition) is 0. The van der Waals surface area contributed by atoms with Crippen LogP contribution in [-0.4, -0.2) is 12.6 Å². The summed E-state index contributed by atoms with van der Waals surface area (Å²) >= 11 is 0. The highest BCUT2D eigenvalue weighted by Gasteiger charge is 2.26. The summed E-state index contributed by atoms with van der Waals surface area (Å²) in [5, 5.41) is 0. The zero-order chi connectivity index (χ0) is 22.2. The fourth-order valence-electron chi connectivity index (χ4n) is 3.22. The lowest BCUT2D eigenvalue weighted by Crippen LogP contribution is -2.21. The van der Waals surface area contributed by atoms with Gasteiger partial charge in [0.1, 0.15) is 23.9 Å². The summed E-state index contributed by atoms with van der Waals surface area (Å²) in [6.45, 7) is 1.02. The Morgan fingerprint density at radius 3 is 2.16 bits per heavy atom. The Morgan fingerprint density at radius 1 is 0.839 bits per heavy atom. The molecule has 1 atom stereocenters. The van der Waals surface area contributed by atoms with Crippen LogP contribution in [0.5, 0.6) is 17.2 Å². The fraction of sp³-hybridized carbons (Fsp3) is 0.240. The molecule has 0 fully saturated rings. The summed E-state index contributed by atoms with van der Waals surface area (Å²) in [7, 11) is 0. The average molecular weight is 426 g/mol. The minimum atomic E-state index is -2.89. The van der Waals surface area contributed by atoms with E-state index in [0.717, 1.165) is 11.3 Å². The van der Waals surface area contributed by atoms with Gasteiger partial charge in [0.25, 0.3) is 0 Å². The Labute approximate surface area is 180 Å². The van der Waals surface area contributed by atoms with E-state index in [-0.39, 0.29) is 24.2 Å². The van der Waals surface area contributed by atoms with Crippen LogP contribution in [0.25, 0.3) is 0 Å². The molecule has 6 heteroatoms. The standard InChI is InChI=1S/C25H24F2O4/c1-17(2)23(19-11-13-21(14-12-19)31-25(26)27)24(28)29-16-18-7-6-10-22(15-18)30-20-8-4-3-5-9-20/h3-15,17,23,25H,16H2,1-2H3. The zero-order valence-electron chi connectivity index (χ0n) is 17.3. The van der Waals surface area contributed by atoms with Crippen LogP contribution < -0.4 is 9.47 Å². The molecule has 4 nitrogen and oxygen atoms in total. The Morgan fingerprint density at radius 2 is 1.52 bits per heavy atom. The number of esters is 1. The molecule has 1 unspecified atom stereocenters. The number of carbonyl (C=O) groups is 1. The highest BCUT2D eigenvalue weighted by Crippen LogP contribution is 2.29. The quantitative estimate of drug-likeness (QED) is 0.363. The van der Waals surface area contributed by atoms with E-state index in [1.165, 1.54) is 12.1 Å². The van der Waals surface area contributed by atoms with E-state index in [0.29, 0.717) is 11.3 Å². The maximum Gasteiger partial charge on any atom is 0.387 e. The van der Waals surface area contributed by atoms with Crippen LogP contribution in [0.3, 0.4) is 0 Å². The van der Waals surface area contributed by atoms with Crippen molar-refractivity contribution in [3.8, 4) is 17.2 Å². The molecular weight excluding hydrogens is 402 g/mol. The van der Waals surface area contributed by atoms with Crippen LogP contribution in [-0.2, 0) is 16.1 Å². The first kappa shape index (κ1) is 22.3. The van der Waals surface area contributed by atoms with Crippen molar-refractivity contribution in [2.45, 2.75) is 33.0 Å². The third-order valence-electron chi connectivity index (χ3n) is 4.64.